The smallest absolute Gasteiger partial charge is 0.314 e. The van der Waals surface area contributed by atoms with Gasteiger partial charge in [0.15, 0.2) is 0 Å². The molecule has 0 saturated carbocycles. The van der Waals surface area contributed by atoms with Crippen molar-refractivity contribution >= 4 is 11.6 Å². The molecule has 0 amide bonds. The Kier molecular flexibility index (Phi) is 4.94. The van der Waals surface area contributed by atoms with Crippen molar-refractivity contribution in [3.8, 4) is 0 Å². The third kappa shape index (κ3) is 3.87. The summed E-state index contributed by atoms with van der Waals surface area (Å²) in [5.41, 5.74) is 1.42. The van der Waals surface area contributed by atoms with E-state index in [2.05, 4.69) is 5.32 Å². The highest BCUT2D eigenvalue weighted by molar-refractivity contribution is 6.31. The van der Waals surface area contributed by atoms with Gasteiger partial charge in [-0.15, -0.1) is 0 Å². The second-order valence-corrected chi connectivity index (χ2v) is 5.50. The van der Waals surface area contributed by atoms with E-state index in [1.54, 1.807) is 12.1 Å². The van der Waals surface area contributed by atoms with Gasteiger partial charge in [0, 0.05) is 37.2 Å². The molecule has 0 spiro atoms. The quantitative estimate of drug-likeness (QED) is 0.919. The Hall–Kier alpha value is -0.780. The second-order valence-electron chi connectivity index (χ2n) is 5.09. The number of benzene rings is 1. The summed E-state index contributed by atoms with van der Waals surface area (Å²) < 4.78 is 38.8. The Morgan fingerprint density at radius 3 is 2.50 bits per heavy atom. The topological polar surface area (TPSA) is 15.3 Å². The Bertz CT molecular complexity index is 436. The molecule has 1 aromatic carbocycles. The zero-order chi connectivity index (χ0) is 14.8. The fourth-order valence-electron chi connectivity index (χ4n) is 2.69. The van der Waals surface area contributed by atoms with Gasteiger partial charge >= 0.3 is 6.18 Å². The Morgan fingerprint density at radius 1 is 1.30 bits per heavy atom. The number of nitrogens with one attached hydrogen (secondary N) is 1. The molecular formula is C14H18ClF3N2. The average Bonchev–Trinajstić information content (AvgIpc) is 2.37. The third-order valence-electron chi connectivity index (χ3n) is 3.62. The van der Waals surface area contributed by atoms with Crippen LogP contribution in [0.25, 0.3) is 0 Å². The van der Waals surface area contributed by atoms with Crippen molar-refractivity contribution < 1.29 is 13.2 Å². The van der Waals surface area contributed by atoms with E-state index in [9.17, 15) is 13.2 Å². The van der Waals surface area contributed by atoms with Crippen molar-refractivity contribution in [1.82, 2.24) is 10.2 Å². The summed E-state index contributed by atoms with van der Waals surface area (Å²) in [5, 5.41) is 3.57. The van der Waals surface area contributed by atoms with Crippen molar-refractivity contribution in [1.29, 1.82) is 0 Å². The van der Waals surface area contributed by atoms with Crippen LogP contribution in [0, 0.1) is 6.92 Å². The van der Waals surface area contributed by atoms with E-state index in [0.29, 0.717) is 36.8 Å². The number of aryl methyl sites for hydroxylation is 1. The highest BCUT2D eigenvalue weighted by Gasteiger charge is 2.37. The highest BCUT2D eigenvalue weighted by Crippen LogP contribution is 2.38. The van der Waals surface area contributed by atoms with Crippen molar-refractivity contribution in [3.63, 3.8) is 0 Å². The predicted molar refractivity (Wildman–Crippen MR) is 74.0 cm³/mol. The zero-order valence-electron chi connectivity index (χ0n) is 11.3. The van der Waals surface area contributed by atoms with Crippen molar-refractivity contribution in [2.75, 3.05) is 26.2 Å². The van der Waals surface area contributed by atoms with Crippen LogP contribution in [0.2, 0.25) is 5.02 Å². The average molecular weight is 307 g/mol. The first kappa shape index (κ1) is 15.6. The summed E-state index contributed by atoms with van der Waals surface area (Å²) in [6.45, 7) is 4.43. The largest absolute Gasteiger partial charge is 0.390 e. The van der Waals surface area contributed by atoms with Crippen LogP contribution in [0.4, 0.5) is 13.2 Å². The molecule has 6 heteroatoms. The van der Waals surface area contributed by atoms with Crippen LogP contribution in [0.1, 0.15) is 23.6 Å². The molecule has 1 N–H and O–H groups in total. The summed E-state index contributed by atoms with van der Waals surface area (Å²) in [6, 6.07) is 4.54. The van der Waals surface area contributed by atoms with E-state index < -0.39 is 18.6 Å². The first-order valence-corrected chi connectivity index (χ1v) is 7.03. The summed E-state index contributed by atoms with van der Waals surface area (Å²) in [5.74, 6) is 0. The van der Waals surface area contributed by atoms with Crippen LogP contribution in [-0.4, -0.2) is 37.3 Å². The van der Waals surface area contributed by atoms with Crippen LogP contribution in [-0.2, 0) is 0 Å². The summed E-state index contributed by atoms with van der Waals surface area (Å²) in [4.78, 5) is 1.87. The molecule has 2 rings (SSSR count). The van der Waals surface area contributed by atoms with Gasteiger partial charge in [0.2, 0.25) is 0 Å². The van der Waals surface area contributed by atoms with Gasteiger partial charge in [0.05, 0.1) is 6.42 Å². The molecule has 1 aromatic rings. The molecule has 0 radical (unpaired) electrons. The van der Waals surface area contributed by atoms with Crippen LogP contribution >= 0.6 is 11.6 Å². The van der Waals surface area contributed by atoms with E-state index in [0.717, 1.165) is 5.56 Å². The molecule has 112 valence electrons. The van der Waals surface area contributed by atoms with E-state index in [4.69, 9.17) is 11.6 Å². The van der Waals surface area contributed by atoms with Crippen molar-refractivity contribution in [2.24, 2.45) is 0 Å². The Labute approximate surface area is 121 Å². The third-order valence-corrected chi connectivity index (χ3v) is 3.95. The molecule has 1 aliphatic heterocycles. The number of nitrogens with zero attached hydrogens (tertiary/aromatic N) is 1. The molecule has 0 aromatic heterocycles. The van der Waals surface area contributed by atoms with Gasteiger partial charge in [-0.3, -0.25) is 4.90 Å². The molecule has 0 bridgehead atoms. The number of alkyl halides is 3. The fraction of sp³-hybridized carbons (Fsp3) is 0.571. The summed E-state index contributed by atoms with van der Waals surface area (Å²) in [7, 11) is 0. The van der Waals surface area contributed by atoms with Crippen LogP contribution in [0.15, 0.2) is 18.2 Å². The van der Waals surface area contributed by atoms with Gasteiger partial charge in [-0.1, -0.05) is 23.7 Å². The zero-order valence-corrected chi connectivity index (χ0v) is 12.1. The molecule has 2 nitrogen and oxygen atoms in total. The molecule has 20 heavy (non-hydrogen) atoms. The lowest BCUT2D eigenvalue weighted by molar-refractivity contribution is -0.148. The number of halogens is 4. The van der Waals surface area contributed by atoms with Gasteiger partial charge in [-0.25, -0.2) is 0 Å². The van der Waals surface area contributed by atoms with E-state index >= 15 is 0 Å². The normalized spacial score (nSPS) is 19.1. The predicted octanol–water partition coefficient (Wildman–Crippen LogP) is 3.55. The maximum atomic E-state index is 12.9. The highest BCUT2D eigenvalue weighted by atomic mass is 35.5. The summed E-state index contributed by atoms with van der Waals surface area (Å²) in [6.07, 6.45) is -5.07. The molecule has 1 saturated heterocycles. The van der Waals surface area contributed by atoms with E-state index in [1.807, 2.05) is 17.9 Å². The maximum absolute atomic E-state index is 12.9. The fourth-order valence-corrected chi connectivity index (χ4v) is 3.04. The van der Waals surface area contributed by atoms with Crippen LogP contribution < -0.4 is 5.32 Å². The lowest BCUT2D eigenvalue weighted by atomic mass is 9.96. The second kappa shape index (κ2) is 6.33. The Balaban J connectivity index is 2.34. The molecular weight excluding hydrogens is 289 g/mol. The SMILES string of the molecule is Cc1cccc(Cl)c1[C@@H](CC(F)(F)F)N1CCNCC1. The first-order valence-electron chi connectivity index (χ1n) is 6.65. The number of hydrogen-bond acceptors (Lipinski definition) is 2. The van der Waals surface area contributed by atoms with Gasteiger partial charge in [-0.05, 0) is 24.1 Å². The lowest BCUT2D eigenvalue weighted by Gasteiger charge is -2.36. The van der Waals surface area contributed by atoms with Gasteiger partial charge in [0.1, 0.15) is 0 Å². The number of piperazine rings is 1. The number of rotatable bonds is 3. The van der Waals surface area contributed by atoms with Crippen molar-refractivity contribution in [2.45, 2.75) is 25.6 Å². The molecule has 0 unspecified atom stereocenters. The molecule has 1 heterocycles. The van der Waals surface area contributed by atoms with Crippen LogP contribution in [0.3, 0.4) is 0 Å². The van der Waals surface area contributed by atoms with Crippen molar-refractivity contribution in [3.05, 3.63) is 34.3 Å². The van der Waals surface area contributed by atoms with Crippen LogP contribution in [0.5, 0.6) is 0 Å². The minimum atomic E-state index is -4.21. The Morgan fingerprint density at radius 2 is 1.95 bits per heavy atom. The molecule has 0 aliphatic carbocycles. The minimum Gasteiger partial charge on any atom is -0.314 e. The molecule has 1 atom stereocenters. The van der Waals surface area contributed by atoms with Gasteiger partial charge < -0.3 is 5.32 Å². The number of hydrogen-bond donors (Lipinski definition) is 1. The maximum Gasteiger partial charge on any atom is 0.390 e. The molecule has 1 aliphatic rings. The van der Waals surface area contributed by atoms with E-state index in [-0.39, 0.29) is 0 Å². The van der Waals surface area contributed by atoms with Gasteiger partial charge in [-0.2, -0.15) is 13.2 Å². The first-order chi connectivity index (χ1) is 9.38. The molecule has 1 fully saturated rings. The van der Waals surface area contributed by atoms with Gasteiger partial charge in [0.25, 0.3) is 0 Å². The monoisotopic (exact) mass is 306 g/mol. The minimum absolute atomic E-state index is 0.415. The summed E-state index contributed by atoms with van der Waals surface area (Å²) >= 11 is 6.16. The van der Waals surface area contributed by atoms with E-state index in [1.165, 1.54) is 0 Å². The lowest BCUT2D eigenvalue weighted by Crippen LogP contribution is -2.46. The standard InChI is InChI=1S/C14H18ClF3N2/c1-10-3-2-4-11(15)13(10)12(9-14(16,17)18)20-7-5-19-6-8-20/h2-4,12,19H,5-9H2,1H3/t12-/m1/s1.